The van der Waals surface area contributed by atoms with Crippen molar-refractivity contribution in [3.05, 3.63) is 83.4 Å². The van der Waals surface area contributed by atoms with E-state index in [1.165, 1.54) is 11.6 Å². The van der Waals surface area contributed by atoms with Crippen LogP contribution in [-0.2, 0) is 17.8 Å². The standard InChI is InChI=1S/C22H22FNO2/c1-16-7-3-4-8-17(16)15-24(2)22(25)14-12-18-11-13-21(26-18)19-9-5-6-10-20(19)23/h3-11,13H,12,14-15H2,1-2H3. The summed E-state index contributed by atoms with van der Waals surface area (Å²) in [7, 11) is 1.81. The molecule has 0 unspecified atom stereocenters. The van der Waals surface area contributed by atoms with Crippen molar-refractivity contribution in [2.45, 2.75) is 26.3 Å². The van der Waals surface area contributed by atoms with E-state index in [1.807, 2.05) is 38.2 Å². The summed E-state index contributed by atoms with van der Waals surface area (Å²) in [5, 5.41) is 0. The highest BCUT2D eigenvalue weighted by molar-refractivity contribution is 5.76. The zero-order chi connectivity index (χ0) is 18.5. The van der Waals surface area contributed by atoms with Gasteiger partial charge < -0.3 is 9.32 Å². The lowest BCUT2D eigenvalue weighted by Crippen LogP contribution is -2.26. The molecule has 0 aliphatic heterocycles. The summed E-state index contributed by atoms with van der Waals surface area (Å²) in [6.45, 7) is 2.63. The molecule has 26 heavy (non-hydrogen) atoms. The van der Waals surface area contributed by atoms with Gasteiger partial charge in [-0.2, -0.15) is 0 Å². The highest BCUT2D eigenvalue weighted by Crippen LogP contribution is 2.25. The molecule has 0 saturated heterocycles. The Balaban J connectivity index is 1.58. The second kappa shape index (κ2) is 8.00. The van der Waals surface area contributed by atoms with Crippen molar-refractivity contribution in [1.29, 1.82) is 0 Å². The second-order valence-electron chi connectivity index (χ2n) is 6.42. The number of nitrogens with zero attached hydrogens (tertiary/aromatic N) is 1. The Bertz CT molecular complexity index is 900. The van der Waals surface area contributed by atoms with Crippen LogP contribution in [0.15, 0.2) is 65.1 Å². The fourth-order valence-electron chi connectivity index (χ4n) is 2.87. The first-order chi connectivity index (χ1) is 12.5. The molecule has 3 rings (SSSR count). The largest absolute Gasteiger partial charge is 0.461 e. The van der Waals surface area contributed by atoms with Crippen LogP contribution in [-0.4, -0.2) is 17.9 Å². The normalized spacial score (nSPS) is 10.7. The Morgan fingerprint density at radius 3 is 2.54 bits per heavy atom. The maximum Gasteiger partial charge on any atom is 0.223 e. The highest BCUT2D eigenvalue weighted by atomic mass is 19.1. The SMILES string of the molecule is Cc1ccccc1CN(C)C(=O)CCc1ccc(-c2ccccc2F)o1. The third kappa shape index (κ3) is 4.20. The Kier molecular flexibility index (Phi) is 5.52. The summed E-state index contributed by atoms with van der Waals surface area (Å²) in [4.78, 5) is 14.1. The van der Waals surface area contributed by atoms with Crippen LogP contribution in [0.25, 0.3) is 11.3 Å². The fourth-order valence-corrected chi connectivity index (χ4v) is 2.87. The molecule has 3 nitrogen and oxygen atoms in total. The molecule has 2 aromatic carbocycles. The predicted molar refractivity (Wildman–Crippen MR) is 100 cm³/mol. The van der Waals surface area contributed by atoms with Gasteiger partial charge in [-0.15, -0.1) is 0 Å². The van der Waals surface area contributed by atoms with E-state index in [1.54, 1.807) is 35.2 Å². The first kappa shape index (κ1) is 17.9. The molecule has 0 saturated carbocycles. The molecular weight excluding hydrogens is 329 g/mol. The summed E-state index contributed by atoms with van der Waals surface area (Å²) in [5.41, 5.74) is 2.75. The van der Waals surface area contributed by atoms with Gasteiger partial charge >= 0.3 is 0 Å². The summed E-state index contributed by atoms with van der Waals surface area (Å²) in [5.74, 6) is 0.902. The lowest BCUT2D eigenvalue weighted by atomic mass is 10.1. The Morgan fingerprint density at radius 2 is 1.77 bits per heavy atom. The van der Waals surface area contributed by atoms with Crippen molar-refractivity contribution in [1.82, 2.24) is 4.90 Å². The third-order valence-electron chi connectivity index (χ3n) is 4.48. The van der Waals surface area contributed by atoms with Crippen LogP contribution in [0.1, 0.15) is 23.3 Å². The molecule has 1 heterocycles. The molecule has 0 bridgehead atoms. The number of aryl methyl sites for hydroxylation is 2. The van der Waals surface area contributed by atoms with Gasteiger partial charge in [-0.1, -0.05) is 36.4 Å². The smallest absolute Gasteiger partial charge is 0.223 e. The van der Waals surface area contributed by atoms with Gasteiger partial charge in [0, 0.05) is 26.4 Å². The molecular formula is C22H22FNO2. The number of carbonyl (C=O) groups excluding carboxylic acids is 1. The van der Waals surface area contributed by atoms with Gasteiger partial charge in [0.05, 0.1) is 5.56 Å². The van der Waals surface area contributed by atoms with Crippen molar-refractivity contribution in [2.75, 3.05) is 7.05 Å². The topological polar surface area (TPSA) is 33.5 Å². The number of halogens is 1. The molecule has 3 aromatic rings. The number of amides is 1. The molecule has 0 aliphatic rings. The van der Waals surface area contributed by atoms with Gasteiger partial charge in [0.1, 0.15) is 17.3 Å². The van der Waals surface area contributed by atoms with E-state index in [-0.39, 0.29) is 11.7 Å². The minimum Gasteiger partial charge on any atom is -0.461 e. The second-order valence-corrected chi connectivity index (χ2v) is 6.42. The summed E-state index contributed by atoms with van der Waals surface area (Å²) in [6, 6.07) is 18.1. The van der Waals surface area contributed by atoms with Gasteiger partial charge in [-0.05, 0) is 42.3 Å². The molecule has 0 aliphatic carbocycles. The lowest BCUT2D eigenvalue weighted by Gasteiger charge is -2.18. The van der Waals surface area contributed by atoms with Gasteiger partial charge in [0.15, 0.2) is 0 Å². The maximum atomic E-state index is 13.8. The van der Waals surface area contributed by atoms with Crippen molar-refractivity contribution in [3.8, 4) is 11.3 Å². The van der Waals surface area contributed by atoms with Gasteiger partial charge in [0.2, 0.25) is 5.91 Å². The van der Waals surface area contributed by atoms with Gasteiger partial charge in [-0.3, -0.25) is 4.79 Å². The minimum atomic E-state index is -0.317. The highest BCUT2D eigenvalue weighted by Gasteiger charge is 2.13. The minimum absolute atomic E-state index is 0.0529. The number of carbonyl (C=O) groups is 1. The summed E-state index contributed by atoms with van der Waals surface area (Å²) < 4.78 is 19.5. The van der Waals surface area contributed by atoms with Crippen LogP contribution in [0.5, 0.6) is 0 Å². The molecule has 1 aromatic heterocycles. The van der Waals surface area contributed by atoms with Crippen LogP contribution < -0.4 is 0 Å². The van der Waals surface area contributed by atoms with E-state index < -0.39 is 0 Å². The van der Waals surface area contributed by atoms with E-state index in [2.05, 4.69) is 0 Å². The first-order valence-corrected chi connectivity index (χ1v) is 8.66. The van der Waals surface area contributed by atoms with Crippen LogP contribution in [0.2, 0.25) is 0 Å². The molecule has 0 N–H and O–H groups in total. The molecule has 4 heteroatoms. The Labute approximate surface area is 153 Å². The Morgan fingerprint density at radius 1 is 1.04 bits per heavy atom. The number of rotatable bonds is 6. The van der Waals surface area contributed by atoms with E-state index in [0.29, 0.717) is 36.5 Å². The molecule has 0 atom stereocenters. The lowest BCUT2D eigenvalue weighted by molar-refractivity contribution is -0.130. The van der Waals surface area contributed by atoms with Crippen molar-refractivity contribution in [3.63, 3.8) is 0 Å². The van der Waals surface area contributed by atoms with Gasteiger partial charge in [-0.25, -0.2) is 4.39 Å². The quantitative estimate of drug-likeness (QED) is 0.627. The van der Waals surface area contributed by atoms with E-state index in [0.717, 1.165) is 5.56 Å². The molecule has 0 fully saturated rings. The fraction of sp³-hybridized carbons (Fsp3) is 0.227. The number of hydrogen-bond donors (Lipinski definition) is 0. The average Bonchev–Trinajstić information content (AvgIpc) is 3.10. The van der Waals surface area contributed by atoms with Gasteiger partial charge in [0.25, 0.3) is 0 Å². The van der Waals surface area contributed by atoms with Crippen LogP contribution >= 0.6 is 0 Å². The summed E-state index contributed by atoms with van der Waals surface area (Å²) in [6.07, 6.45) is 0.845. The average molecular weight is 351 g/mol. The zero-order valence-corrected chi connectivity index (χ0v) is 15.0. The summed E-state index contributed by atoms with van der Waals surface area (Å²) >= 11 is 0. The van der Waals surface area contributed by atoms with Crippen LogP contribution in [0.3, 0.4) is 0 Å². The molecule has 0 spiro atoms. The number of hydrogen-bond acceptors (Lipinski definition) is 2. The third-order valence-corrected chi connectivity index (χ3v) is 4.48. The number of benzene rings is 2. The predicted octanol–water partition coefficient (Wildman–Crippen LogP) is 4.99. The van der Waals surface area contributed by atoms with Crippen molar-refractivity contribution in [2.24, 2.45) is 0 Å². The monoisotopic (exact) mass is 351 g/mol. The maximum absolute atomic E-state index is 13.8. The number of furan rings is 1. The van der Waals surface area contributed by atoms with E-state index >= 15 is 0 Å². The zero-order valence-electron chi connectivity index (χ0n) is 15.0. The van der Waals surface area contributed by atoms with Crippen LogP contribution in [0.4, 0.5) is 4.39 Å². The Hall–Kier alpha value is -2.88. The van der Waals surface area contributed by atoms with E-state index in [9.17, 15) is 9.18 Å². The van der Waals surface area contributed by atoms with Crippen molar-refractivity contribution < 1.29 is 13.6 Å². The molecule has 1 amide bonds. The first-order valence-electron chi connectivity index (χ1n) is 8.66. The van der Waals surface area contributed by atoms with E-state index in [4.69, 9.17) is 4.42 Å². The van der Waals surface area contributed by atoms with Crippen LogP contribution in [0, 0.1) is 12.7 Å². The van der Waals surface area contributed by atoms with Crippen molar-refractivity contribution >= 4 is 5.91 Å². The molecule has 134 valence electrons. The molecule has 0 radical (unpaired) electrons.